The van der Waals surface area contributed by atoms with Crippen LogP contribution in [-0.2, 0) is 0 Å². The van der Waals surface area contributed by atoms with E-state index in [0.717, 1.165) is 31.7 Å². The number of piperidine rings is 1. The molecule has 2 nitrogen and oxygen atoms in total. The molecule has 0 radical (unpaired) electrons. The molecule has 3 rings (SSSR count). The van der Waals surface area contributed by atoms with E-state index in [1.807, 2.05) is 6.20 Å². The highest BCUT2D eigenvalue weighted by Crippen LogP contribution is 2.30. The van der Waals surface area contributed by atoms with Crippen LogP contribution in [0.3, 0.4) is 0 Å². The number of aromatic nitrogens is 1. The van der Waals surface area contributed by atoms with Gasteiger partial charge in [-0.3, -0.25) is 0 Å². The number of hydrogen-bond acceptors (Lipinski definition) is 3. The first-order valence-electron chi connectivity index (χ1n) is 5.56. The number of rotatable bonds is 1. The second-order valence-electron chi connectivity index (χ2n) is 4.13. The third kappa shape index (κ3) is 1.78. The van der Waals surface area contributed by atoms with E-state index in [1.54, 1.807) is 11.3 Å². The zero-order valence-corrected chi connectivity index (χ0v) is 10.5. The molecule has 2 aromatic rings. The lowest BCUT2D eigenvalue weighted by molar-refractivity contribution is 0.582. The molecule has 2 aromatic heterocycles. The molecule has 0 unspecified atom stereocenters. The fourth-order valence-electron chi connectivity index (χ4n) is 2.19. The van der Waals surface area contributed by atoms with Crippen LogP contribution < -0.4 is 4.90 Å². The normalized spacial score (nSPS) is 18.2. The molecule has 0 atom stereocenters. The quantitative estimate of drug-likeness (QED) is 0.722. The predicted octanol–water partition coefficient (Wildman–Crippen LogP) is 3.50. The van der Waals surface area contributed by atoms with Crippen molar-refractivity contribution < 1.29 is 0 Å². The molecular weight excluding hydrogens is 240 g/mol. The molecule has 3 heterocycles. The smallest absolute Gasteiger partial charge is 0.137 e. The van der Waals surface area contributed by atoms with Crippen LogP contribution in [0.2, 0.25) is 0 Å². The van der Waals surface area contributed by atoms with Gasteiger partial charge in [0.15, 0.2) is 0 Å². The molecule has 0 aliphatic carbocycles. The molecule has 0 bridgehead atoms. The molecule has 4 heteroatoms. The van der Waals surface area contributed by atoms with Crippen LogP contribution in [-0.4, -0.2) is 23.5 Å². The van der Waals surface area contributed by atoms with E-state index in [1.165, 1.54) is 10.1 Å². The van der Waals surface area contributed by atoms with E-state index >= 15 is 0 Å². The largest absolute Gasteiger partial charge is 0.356 e. The third-order valence-corrected chi connectivity index (χ3v) is 4.40. The van der Waals surface area contributed by atoms with Gasteiger partial charge in [-0.1, -0.05) is 0 Å². The molecule has 0 saturated carbocycles. The molecule has 0 aromatic carbocycles. The van der Waals surface area contributed by atoms with Gasteiger partial charge in [0.05, 0.1) is 0 Å². The van der Waals surface area contributed by atoms with Crippen LogP contribution in [0.15, 0.2) is 23.7 Å². The molecular formula is C12H13ClN2S. The van der Waals surface area contributed by atoms with Crippen molar-refractivity contribution in [3.8, 4) is 0 Å². The van der Waals surface area contributed by atoms with Crippen LogP contribution in [0.5, 0.6) is 0 Å². The van der Waals surface area contributed by atoms with E-state index in [2.05, 4.69) is 27.4 Å². The predicted molar refractivity (Wildman–Crippen MR) is 70.7 cm³/mol. The van der Waals surface area contributed by atoms with Crippen molar-refractivity contribution in [2.45, 2.75) is 18.2 Å². The standard InChI is InChI=1S/C12H13ClN2S/c13-9-2-6-15(7-3-9)12-10-4-8-16-11(10)1-5-14-12/h1,4-5,8-9H,2-3,6-7H2. The molecule has 1 saturated heterocycles. The fraction of sp³-hybridized carbons (Fsp3) is 0.417. The Labute approximate surface area is 104 Å². The third-order valence-electron chi connectivity index (χ3n) is 3.08. The minimum absolute atomic E-state index is 0.345. The van der Waals surface area contributed by atoms with E-state index in [4.69, 9.17) is 11.6 Å². The molecule has 1 aliphatic rings. The summed E-state index contributed by atoms with van der Waals surface area (Å²) >= 11 is 7.89. The summed E-state index contributed by atoms with van der Waals surface area (Å²) in [6, 6.07) is 4.24. The monoisotopic (exact) mass is 252 g/mol. The molecule has 1 aliphatic heterocycles. The van der Waals surface area contributed by atoms with Crippen molar-refractivity contribution in [2.24, 2.45) is 0 Å². The first-order chi connectivity index (χ1) is 7.84. The van der Waals surface area contributed by atoms with Crippen LogP contribution in [0, 0.1) is 0 Å². The lowest BCUT2D eigenvalue weighted by Crippen LogP contribution is -2.34. The highest BCUT2D eigenvalue weighted by Gasteiger charge is 2.19. The van der Waals surface area contributed by atoms with Gasteiger partial charge in [-0.25, -0.2) is 4.98 Å². The fourth-order valence-corrected chi connectivity index (χ4v) is 3.16. The van der Waals surface area contributed by atoms with Crippen molar-refractivity contribution in [3.05, 3.63) is 23.7 Å². The second-order valence-corrected chi connectivity index (χ2v) is 5.69. The average molecular weight is 253 g/mol. The number of anilines is 1. The van der Waals surface area contributed by atoms with E-state index in [9.17, 15) is 0 Å². The van der Waals surface area contributed by atoms with Crippen molar-refractivity contribution in [3.63, 3.8) is 0 Å². The summed E-state index contributed by atoms with van der Waals surface area (Å²) in [6.07, 6.45) is 4.02. The Morgan fingerprint density at radius 1 is 1.31 bits per heavy atom. The van der Waals surface area contributed by atoms with Crippen molar-refractivity contribution in [1.29, 1.82) is 0 Å². The zero-order chi connectivity index (χ0) is 11.0. The van der Waals surface area contributed by atoms with Gasteiger partial charge >= 0.3 is 0 Å². The maximum Gasteiger partial charge on any atom is 0.137 e. The Morgan fingerprint density at radius 2 is 2.12 bits per heavy atom. The SMILES string of the molecule is ClC1CCN(c2nccc3sccc23)CC1. The van der Waals surface area contributed by atoms with Crippen LogP contribution >= 0.6 is 22.9 Å². The van der Waals surface area contributed by atoms with E-state index < -0.39 is 0 Å². The summed E-state index contributed by atoms with van der Waals surface area (Å²) in [7, 11) is 0. The van der Waals surface area contributed by atoms with Gasteiger partial charge in [0.2, 0.25) is 0 Å². The van der Waals surface area contributed by atoms with Gasteiger partial charge in [-0.2, -0.15) is 0 Å². The number of pyridine rings is 1. The average Bonchev–Trinajstić information content (AvgIpc) is 2.78. The lowest BCUT2D eigenvalue weighted by Gasteiger charge is -2.30. The maximum absolute atomic E-state index is 6.12. The van der Waals surface area contributed by atoms with Crippen molar-refractivity contribution in [2.75, 3.05) is 18.0 Å². The summed E-state index contributed by atoms with van der Waals surface area (Å²) < 4.78 is 1.32. The molecule has 0 spiro atoms. The molecule has 1 fully saturated rings. The Hall–Kier alpha value is -0.800. The van der Waals surface area contributed by atoms with Gasteiger partial charge in [0.1, 0.15) is 5.82 Å². The lowest BCUT2D eigenvalue weighted by atomic mass is 10.1. The number of thiophene rings is 1. The number of alkyl halides is 1. The Bertz CT molecular complexity index is 488. The summed E-state index contributed by atoms with van der Waals surface area (Å²) in [5.41, 5.74) is 0. The minimum Gasteiger partial charge on any atom is -0.356 e. The molecule has 84 valence electrons. The van der Waals surface area contributed by atoms with Crippen molar-refractivity contribution in [1.82, 2.24) is 4.98 Å². The number of halogens is 1. The maximum atomic E-state index is 6.12. The summed E-state index contributed by atoms with van der Waals surface area (Å²) in [5, 5.41) is 3.75. The Morgan fingerprint density at radius 3 is 2.94 bits per heavy atom. The van der Waals surface area contributed by atoms with Crippen LogP contribution in [0.1, 0.15) is 12.8 Å². The Balaban J connectivity index is 1.96. The van der Waals surface area contributed by atoms with Crippen LogP contribution in [0.25, 0.3) is 10.1 Å². The first-order valence-corrected chi connectivity index (χ1v) is 6.87. The number of fused-ring (bicyclic) bond motifs is 1. The van der Waals surface area contributed by atoms with E-state index in [0.29, 0.717) is 5.38 Å². The number of hydrogen-bond donors (Lipinski definition) is 0. The summed E-state index contributed by atoms with van der Waals surface area (Å²) in [4.78, 5) is 6.87. The van der Waals surface area contributed by atoms with Gasteiger partial charge < -0.3 is 4.90 Å². The van der Waals surface area contributed by atoms with E-state index in [-0.39, 0.29) is 0 Å². The highest BCUT2D eigenvalue weighted by molar-refractivity contribution is 7.17. The van der Waals surface area contributed by atoms with Gasteiger partial charge in [-0.15, -0.1) is 22.9 Å². The zero-order valence-electron chi connectivity index (χ0n) is 8.90. The highest BCUT2D eigenvalue weighted by atomic mass is 35.5. The molecule has 16 heavy (non-hydrogen) atoms. The van der Waals surface area contributed by atoms with Gasteiger partial charge in [0.25, 0.3) is 0 Å². The van der Waals surface area contributed by atoms with Crippen molar-refractivity contribution >= 4 is 38.8 Å². The molecule has 0 amide bonds. The van der Waals surface area contributed by atoms with Gasteiger partial charge in [0, 0.05) is 34.7 Å². The minimum atomic E-state index is 0.345. The first kappa shape index (κ1) is 10.4. The van der Waals surface area contributed by atoms with Gasteiger partial charge in [-0.05, 0) is 30.4 Å². The summed E-state index contributed by atoms with van der Waals surface area (Å²) in [5.74, 6) is 1.13. The Kier molecular flexibility index (Phi) is 2.74. The second kappa shape index (κ2) is 4.22. The summed E-state index contributed by atoms with van der Waals surface area (Å²) in [6.45, 7) is 2.05. The number of nitrogens with zero attached hydrogens (tertiary/aromatic N) is 2. The molecule has 0 N–H and O–H groups in total. The topological polar surface area (TPSA) is 16.1 Å². The van der Waals surface area contributed by atoms with Crippen LogP contribution in [0.4, 0.5) is 5.82 Å².